The lowest BCUT2D eigenvalue weighted by Crippen LogP contribution is -2.10. The number of hydrogen-bond donors (Lipinski definition) is 0. The van der Waals surface area contributed by atoms with Crippen molar-refractivity contribution in [2.24, 2.45) is 0 Å². The van der Waals surface area contributed by atoms with Crippen LogP contribution in [0.5, 0.6) is 0 Å². The fourth-order valence-corrected chi connectivity index (χ4v) is 3.95. The van der Waals surface area contributed by atoms with Crippen molar-refractivity contribution < 1.29 is 9.53 Å². The Morgan fingerprint density at radius 1 is 0.657 bits per heavy atom. The lowest BCUT2D eigenvalue weighted by Gasteiger charge is -2.26. The third kappa shape index (κ3) is 6.48. The van der Waals surface area contributed by atoms with Crippen LogP contribution < -0.4 is 4.90 Å². The van der Waals surface area contributed by atoms with Gasteiger partial charge in [-0.15, -0.1) is 0 Å². The molecule has 0 fully saturated rings. The topological polar surface area (TPSA) is 29.5 Å². The normalized spacial score (nSPS) is 10.6. The fourth-order valence-electron chi connectivity index (χ4n) is 3.95. The number of aryl methyl sites for hydroxylation is 4. The Labute approximate surface area is 208 Å². The highest BCUT2D eigenvalue weighted by Crippen LogP contribution is 2.34. The molecule has 0 heterocycles. The highest BCUT2D eigenvalue weighted by Gasteiger charge is 2.12. The monoisotopic (exact) mass is 461 g/mol. The standard InChI is InChI=1S/C32H31NO2/c1-4-32(34)35-23-28-13-11-26(12-14-28)9-10-27-15-21-31(22-16-27)33(29-17-5-24(2)6-18-29)30-19-7-25(3)8-20-30/h4-8,11-22H,1,9-10,23H2,2-3H3. The molecule has 3 heteroatoms. The van der Waals surface area contributed by atoms with E-state index in [4.69, 9.17) is 4.74 Å². The zero-order chi connectivity index (χ0) is 24.6. The van der Waals surface area contributed by atoms with Gasteiger partial charge in [-0.1, -0.05) is 78.4 Å². The maximum absolute atomic E-state index is 11.2. The molecule has 0 bridgehead atoms. The first-order valence-electron chi connectivity index (χ1n) is 11.9. The van der Waals surface area contributed by atoms with Gasteiger partial charge in [0.25, 0.3) is 0 Å². The second-order valence-corrected chi connectivity index (χ2v) is 8.80. The smallest absolute Gasteiger partial charge is 0.330 e. The Morgan fingerprint density at radius 3 is 1.46 bits per heavy atom. The van der Waals surface area contributed by atoms with Gasteiger partial charge in [-0.3, -0.25) is 0 Å². The van der Waals surface area contributed by atoms with Crippen LogP contribution in [0.3, 0.4) is 0 Å². The Hall–Kier alpha value is -4.11. The summed E-state index contributed by atoms with van der Waals surface area (Å²) in [6.07, 6.45) is 3.09. The summed E-state index contributed by atoms with van der Waals surface area (Å²) in [4.78, 5) is 13.5. The van der Waals surface area contributed by atoms with Gasteiger partial charge in [-0.2, -0.15) is 0 Å². The van der Waals surface area contributed by atoms with E-state index < -0.39 is 5.97 Å². The van der Waals surface area contributed by atoms with Crippen molar-refractivity contribution in [3.05, 3.63) is 138 Å². The molecule has 0 spiro atoms. The first-order chi connectivity index (χ1) is 17.0. The number of ether oxygens (including phenoxy) is 1. The number of nitrogens with zero attached hydrogens (tertiary/aromatic N) is 1. The van der Waals surface area contributed by atoms with E-state index in [0.29, 0.717) is 0 Å². The summed E-state index contributed by atoms with van der Waals surface area (Å²) in [6, 6.07) is 34.3. The molecule has 4 aromatic carbocycles. The van der Waals surface area contributed by atoms with Crippen LogP contribution in [0.15, 0.2) is 110 Å². The zero-order valence-electron chi connectivity index (χ0n) is 20.4. The molecule has 0 saturated carbocycles. The number of benzene rings is 4. The van der Waals surface area contributed by atoms with Crippen LogP contribution >= 0.6 is 0 Å². The number of carbonyl (C=O) groups excluding carboxylic acids is 1. The van der Waals surface area contributed by atoms with Crippen LogP contribution in [0.4, 0.5) is 17.1 Å². The second kappa shape index (κ2) is 11.3. The van der Waals surface area contributed by atoms with Crippen LogP contribution in [0.25, 0.3) is 0 Å². The highest BCUT2D eigenvalue weighted by atomic mass is 16.5. The average molecular weight is 462 g/mol. The van der Waals surface area contributed by atoms with E-state index in [0.717, 1.165) is 35.5 Å². The van der Waals surface area contributed by atoms with E-state index >= 15 is 0 Å². The van der Waals surface area contributed by atoms with Crippen LogP contribution in [0, 0.1) is 13.8 Å². The van der Waals surface area contributed by atoms with Gasteiger partial charge < -0.3 is 9.64 Å². The molecule has 0 atom stereocenters. The Balaban J connectivity index is 1.45. The Morgan fingerprint density at radius 2 is 1.03 bits per heavy atom. The fraction of sp³-hybridized carbons (Fsp3) is 0.156. The van der Waals surface area contributed by atoms with E-state index in [-0.39, 0.29) is 6.61 Å². The quantitative estimate of drug-likeness (QED) is 0.188. The summed E-state index contributed by atoms with van der Waals surface area (Å²) in [5.74, 6) is -0.402. The molecule has 4 aromatic rings. The van der Waals surface area contributed by atoms with Gasteiger partial charge in [0.15, 0.2) is 0 Å². The van der Waals surface area contributed by atoms with Crippen molar-refractivity contribution in [1.82, 2.24) is 0 Å². The molecule has 4 rings (SSSR count). The predicted molar refractivity (Wildman–Crippen MR) is 144 cm³/mol. The van der Waals surface area contributed by atoms with Crippen molar-refractivity contribution in [3.8, 4) is 0 Å². The van der Waals surface area contributed by atoms with Crippen LogP contribution in [0.1, 0.15) is 27.8 Å². The number of anilines is 3. The minimum Gasteiger partial charge on any atom is -0.458 e. The number of rotatable bonds is 9. The summed E-state index contributed by atoms with van der Waals surface area (Å²) in [5.41, 5.74) is 9.45. The van der Waals surface area contributed by atoms with Gasteiger partial charge >= 0.3 is 5.97 Å². The number of esters is 1. The van der Waals surface area contributed by atoms with E-state index in [9.17, 15) is 4.79 Å². The van der Waals surface area contributed by atoms with E-state index in [1.807, 2.05) is 12.1 Å². The minimum absolute atomic E-state index is 0.269. The predicted octanol–water partition coefficient (Wildman–Crippen LogP) is 7.79. The molecular formula is C32H31NO2. The molecule has 0 radical (unpaired) electrons. The van der Waals surface area contributed by atoms with Crippen molar-refractivity contribution in [1.29, 1.82) is 0 Å². The van der Waals surface area contributed by atoms with Crippen LogP contribution in [-0.2, 0) is 29.0 Å². The third-order valence-electron chi connectivity index (χ3n) is 6.05. The zero-order valence-corrected chi connectivity index (χ0v) is 20.4. The molecule has 0 saturated heterocycles. The average Bonchev–Trinajstić information content (AvgIpc) is 2.89. The molecule has 0 aliphatic heterocycles. The van der Waals surface area contributed by atoms with Crippen molar-refractivity contribution in [2.45, 2.75) is 33.3 Å². The molecule has 0 unspecified atom stereocenters. The summed E-state index contributed by atoms with van der Waals surface area (Å²) in [7, 11) is 0. The molecule has 0 N–H and O–H groups in total. The van der Waals surface area contributed by atoms with Gasteiger partial charge in [0, 0.05) is 23.1 Å². The van der Waals surface area contributed by atoms with E-state index in [2.05, 4.69) is 110 Å². The second-order valence-electron chi connectivity index (χ2n) is 8.80. The summed E-state index contributed by atoms with van der Waals surface area (Å²) < 4.78 is 5.09. The molecule has 0 aromatic heterocycles. The third-order valence-corrected chi connectivity index (χ3v) is 6.05. The maximum Gasteiger partial charge on any atom is 0.330 e. The summed E-state index contributed by atoms with van der Waals surface area (Å²) in [5, 5.41) is 0. The van der Waals surface area contributed by atoms with Crippen molar-refractivity contribution in [3.63, 3.8) is 0 Å². The molecule has 176 valence electrons. The summed E-state index contributed by atoms with van der Waals surface area (Å²) in [6.45, 7) is 7.91. The van der Waals surface area contributed by atoms with E-state index in [1.54, 1.807) is 0 Å². The van der Waals surface area contributed by atoms with E-state index in [1.165, 1.54) is 28.3 Å². The number of hydrogen-bond acceptors (Lipinski definition) is 3. The van der Waals surface area contributed by atoms with Crippen LogP contribution in [0.2, 0.25) is 0 Å². The molecule has 0 aliphatic carbocycles. The molecule has 0 aliphatic rings. The van der Waals surface area contributed by atoms with Crippen molar-refractivity contribution in [2.75, 3.05) is 4.90 Å². The Bertz CT molecular complexity index is 1210. The van der Waals surface area contributed by atoms with Crippen molar-refractivity contribution >= 4 is 23.0 Å². The molecular weight excluding hydrogens is 430 g/mol. The lowest BCUT2D eigenvalue weighted by atomic mass is 10.0. The van der Waals surface area contributed by atoms with Crippen LogP contribution in [-0.4, -0.2) is 5.97 Å². The Kier molecular flexibility index (Phi) is 7.79. The first kappa shape index (κ1) is 24.0. The largest absolute Gasteiger partial charge is 0.458 e. The molecule has 0 amide bonds. The summed E-state index contributed by atoms with van der Waals surface area (Å²) >= 11 is 0. The minimum atomic E-state index is -0.402. The van der Waals surface area contributed by atoms with Gasteiger partial charge in [-0.05, 0) is 79.8 Å². The first-order valence-corrected chi connectivity index (χ1v) is 11.9. The van der Waals surface area contributed by atoms with Gasteiger partial charge in [0.2, 0.25) is 0 Å². The molecule has 3 nitrogen and oxygen atoms in total. The maximum atomic E-state index is 11.2. The molecule has 35 heavy (non-hydrogen) atoms. The lowest BCUT2D eigenvalue weighted by molar-refractivity contribution is -0.138. The van der Waals surface area contributed by atoms with Gasteiger partial charge in [0.05, 0.1) is 0 Å². The van der Waals surface area contributed by atoms with Gasteiger partial charge in [0.1, 0.15) is 6.61 Å². The van der Waals surface area contributed by atoms with Gasteiger partial charge in [-0.25, -0.2) is 4.79 Å². The number of carbonyl (C=O) groups is 1. The highest BCUT2D eigenvalue weighted by molar-refractivity contribution is 5.81. The SMILES string of the molecule is C=CC(=O)OCc1ccc(CCc2ccc(N(c3ccc(C)cc3)c3ccc(C)cc3)cc2)cc1.